The normalized spacial score (nSPS) is 10.9. The van der Waals surface area contributed by atoms with Gasteiger partial charge in [-0.1, -0.05) is 32.0 Å². The van der Waals surface area contributed by atoms with Crippen LogP contribution in [0, 0.1) is 17.2 Å². The van der Waals surface area contributed by atoms with Crippen molar-refractivity contribution in [2.75, 3.05) is 26.8 Å². The molecule has 98 valence electrons. The number of benzene rings is 1. The summed E-state index contributed by atoms with van der Waals surface area (Å²) >= 11 is 0. The highest BCUT2D eigenvalue weighted by molar-refractivity contribution is 5.37. The van der Waals surface area contributed by atoms with Crippen molar-refractivity contribution < 1.29 is 4.74 Å². The summed E-state index contributed by atoms with van der Waals surface area (Å²) in [6.45, 7) is 7.86. The van der Waals surface area contributed by atoms with Crippen LogP contribution < -0.4 is 0 Å². The van der Waals surface area contributed by atoms with Crippen molar-refractivity contribution in [1.29, 1.82) is 5.26 Å². The Morgan fingerprint density at radius 2 is 2.06 bits per heavy atom. The van der Waals surface area contributed by atoms with Crippen molar-refractivity contribution in [2.24, 2.45) is 5.92 Å². The summed E-state index contributed by atoms with van der Waals surface area (Å²) in [6, 6.07) is 10.0. The molecule has 1 aromatic carbocycles. The monoisotopic (exact) mass is 246 g/mol. The fraction of sp³-hybridized carbons (Fsp3) is 0.533. The molecule has 0 atom stereocenters. The highest BCUT2D eigenvalue weighted by Crippen LogP contribution is 2.12. The van der Waals surface area contributed by atoms with E-state index in [4.69, 9.17) is 10.00 Å². The van der Waals surface area contributed by atoms with E-state index in [2.05, 4.69) is 24.8 Å². The summed E-state index contributed by atoms with van der Waals surface area (Å²) in [7, 11) is 1.72. The number of ether oxygens (including phenoxy) is 1. The molecular weight excluding hydrogens is 224 g/mol. The fourth-order valence-electron chi connectivity index (χ4n) is 1.98. The van der Waals surface area contributed by atoms with Crippen LogP contribution in [0.2, 0.25) is 0 Å². The van der Waals surface area contributed by atoms with Crippen molar-refractivity contribution in [3.05, 3.63) is 35.4 Å². The fourth-order valence-corrected chi connectivity index (χ4v) is 1.98. The minimum absolute atomic E-state index is 0.608. The van der Waals surface area contributed by atoms with Gasteiger partial charge in [0, 0.05) is 26.7 Å². The maximum atomic E-state index is 9.10. The highest BCUT2D eigenvalue weighted by atomic mass is 16.5. The van der Waals surface area contributed by atoms with E-state index < -0.39 is 0 Å². The van der Waals surface area contributed by atoms with Gasteiger partial charge in [-0.2, -0.15) is 5.26 Å². The van der Waals surface area contributed by atoms with Crippen molar-refractivity contribution in [3.8, 4) is 6.07 Å². The van der Waals surface area contributed by atoms with E-state index >= 15 is 0 Å². The van der Waals surface area contributed by atoms with Gasteiger partial charge in [0.05, 0.1) is 18.2 Å². The van der Waals surface area contributed by atoms with Crippen molar-refractivity contribution in [1.82, 2.24) is 4.90 Å². The van der Waals surface area contributed by atoms with Gasteiger partial charge in [0.2, 0.25) is 0 Å². The number of hydrogen-bond donors (Lipinski definition) is 0. The van der Waals surface area contributed by atoms with Gasteiger partial charge < -0.3 is 4.74 Å². The van der Waals surface area contributed by atoms with Crippen LogP contribution in [0.1, 0.15) is 25.0 Å². The molecule has 0 radical (unpaired) electrons. The zero-order chi connectivity index (χ0) is 13.4. The van der Waals surface area contributed by atoms with Gasteiger partial charge in [-0.25, -0.2) is 0 Å². The Labute approximate surface area is 110 Å². The van der Waals surface area contributed by atoms with Gasteiger partial charge >= 0.3 is 0 Å². The number of nitrogens with zero attached hydrogens (tertiary/aromatic N) is 2. The van der Waals surface area contributed by atoms with E-state index in [0.29, 0.717) is 5.92 Å². The maximum Gasteiger partial charge on any atom is 0.0995 e. The van der Waals surface area contributed by atoms with Crippen LogP contribution in [0.5, 0.6) is 0 Å². The van der Waals surface area contributed by atoms with Gasteiger partial charge in [-0.3, -0.25) is 4.90 Å². The second-order valence-corrected chi connectivity index (χ2v) is 4.89. The van der Waals surface area contributed by atoms with E-state index in [1.54, 1.807) is 7.11 Å². The molecule has 0 bridgehead atoms. The Bertz CT molecular complexity index is 396. The van der Waals surface area contributed by atoms with Crippen LogP contribution >= 0.6 is 0 Å². The Hall–Kier alpha value is -1.37. The molecule has 0 aliphatic rings. The molecule has 3 nitrogen and oxygen atoms in total. The summed E-state index contributed by atoms with van der Waals surface area (Å²) in [6.07, 6.45) is 0. The third-order valence-electron chi connectivity index (χ3n) is 2.77. The summed E-state index contributed by atoms with van der Waals surface area (Å²) < 4.78 is 5.14. The zero-order valence-corrected chi connectivity index (χ0v) is 11.5. The molecule has 3 heteroatoms. The van der Waals surface area contributed by atoms with E-state index in [-0.39, 0.29) is 0 Å². The first-order chi connectivity index (χ1) is 8.67. The Morgan fingerprint density at radius 1 is 1.33 bits per heavy atom. The first-order valence-corrected chi connectivity index (χ1v) is 6.36. The Kier molecular flexibility index (Phi) is 6.42. The molecule has 1 aromatic rings. The quantitative estimate of drug-likeness (QED) is 0.742. The molecular formula is C15H22N2O. The molecule has 0 unspecified atom stereocenters. The molecule has 1 rings (SSSR count). The van der Waals surface area contributed by atoms with Crippen molar-refractivity contribution in [2.45, 2.75) is 20.4 Å². The van der Waals surface area contributed by atoms with Gasteiger partial charge in [0.25, 0.3) is 0 Å². The lowest BCUT2D eigenvalue weighted by Gasteiger charge is -2.24. The van der Waals surface area contributed by atoms with E-state index in [0.717, 1.165) is 37.4 Å². The first-order valence-electron chi connectivity index (χ1n) is 6.36. The number of hydrogen-bond acceptors (Lipinski definition) is 3. The summed E-state index contributed by atoms with van der Waals surface area (Å²) in [5, 5.41) is 9.10. The van der Waals surface area contributed by atoms with Crippen LogP contribution in [-0.2, 0) is 11.3 Å². The summed E-state index contributed by atoms with van der Waals surface area (Å²) in [4.78, 5) is 2.34. The smallest absolute Gasteiger partial charge is 0.0995 e. The van der Waals surface area contributed by atoms with Gasteiger partial charge in [-0.15, -0.1) is 0 Å². The van der Waals surface area contributed by atoms with Crippen LogP contribution in [0.15, 0.2) is 24.3 Å². The second kappa shape index (κ2) is 7.86. The molecule has 0 fully saturated rings. The third kappa shape index (κ3) is 4.87. The molecule has 0 aromatic heterocycles. The minimum Gasteiger partial charge on any atom is -0.383 e. The molecule has 0 heterocycles. The molecule has 0 spiro atoms. The van der Waals surface area contributed by atoms with Crippen LogP contribution in [0.4, 0.5) is 0 Å². The zero-order valence-electron chi connectivity index (χ0n) is 11.5. The molecule has 0 N–H and O–H groups in total. The standard InChI is InChI=1S/C15H22N2O/c1-13(2)11-17(8-9-18-3)12-15-7-5-4-6-14(15)10-16/h4-7,13H,8-9,11-12H2,1-3H3. The predicted octanol–water partition coefficient (Wildman–Crippen LogP) is 2.66. The van der Waals surface area contributed by atoms with E-state index in [1.165, 1.54) is 0 Å². The number of nitriles is 1. The van der Waals surface area contributed by atoms with Crippen LogP contribution in [0.25, 0.3) is 0 Å². The largest absolute Gasteiger partial charge is 0.383 e. The molecule has 0 aliphatic heterocycles. The topological polar surface area (TPSA) is 36.3 Å². The van der Waals surface area contributed by atoms with E-state index in [1.807, 2.05) is 24.3 Å². The SMILES string of the molecule is COCCN(Cc1ccccc1C#N)CC(C)C. The Balaban J connectivity index is 2.72. The average Bonchev–Trinajstić information content (AvgIpc) is 2.36. The first kappa shape index (κ1) is 14.7. The predicted molar refractivity (Wildman–Crippen MR) is 73.1 cm³/mol. The Morgan fingerprint density at radius 3 is 2.67 bits per heavy atom. The maximum absolute atomic E-state index is 9.10. The van der Waals surface area contributed by atoms with Gasteiger partial charge in [0.15, 0.2) is 0 Å². The lowest BCUT2D eigenvalue weighted by molar-refractivity contribution is 0.136. The molecule has 0 amide bonds. The lowest BCUT2D eigenvalue weighted by atomic mass is 10.1. The lowest BCUT2D eigenvalue weighted by Crippen LogP contribution is -2.30. The number of rotatable bonds is 7. The number of methoxy groups -OCH3 is 1. The highest BCUT2D eigenvalue weighted by Gasteiger charge is 2.10. The summed E-state index contributed by atoms with van der Waals surface area (Å²) in [5.74, 6) is 0.608. The second-order valence-electron chi connectivity index (χ2n) is 4.89. The molecule has 18 heavy (non-hydrogen) atoms. The van der Waals surface area contributed by atoms with Gasteiger partial charge in [0.1, 0.15) is 0 Å². The van der Waals surface area contributed by atoms with Crippen LogP contribution in [0.3, 0.4) is 0 Å². The van der Waals surface area contributed by atoms with Gasteiger partial charge in [-0.05, 0) is 17.5 Å². The molecule has 0 saturated heterocycles. The average molecular weight is 246 g/mol. The van der Waals surface area contributed by atoms with Crippen molar-refractivity contribution >= 4 is 0 Å². The van der Waals surface area contributed by atoms with Crippen LogP contribution in [-0.4, -0.2) is 31.7 Å². The minimum atomic E-state index is 0.608. The third-order valence-corrected chi connectivity index (χ3v) is 2.77. The summed E-state index contributed by atoms with van der Waals surface area (Å²) in [5.41, 5.74) is 1.86. The van der Waals surface area contributed by atoms with Crippen molar-refractivity contribution in [3.63, 3.8) is 0 Å². The molecule has 0 saturated carbocycles. The molecule has 0 aliphatic carbocycles. The van der Waals surface area contributed by atoms with E-state index in [9.17, 15) is 0 Å².